The molecule has 0 aliphatic carbocycles. The van der Waals surface area contributed by atoms with Gasteiger partial charge in [-0.1, -0.05) is 26.0 Å². The first-order chi connectivity index (χ1) is 18.8. The molecule has 0 unspecified atom stereocenters. The quantitative estimate of drug-likeness (QED) is 0.284. The molecule has 13 heteroatoms. The minimum Gasteiger partial charge on any atom is -0.484 e. The molecule has 8 nitrogen and oxygen atoms in total. The summed E-state index contributed by atoms with van der Waals surface area (Å²) in [7, 11) is 1.61. The van der Waals surface area contributed by atoms with Gasteiger partial charge in [0.25, 0.3) is 0 Å². The molecule has 1 amide bonds. The van der Waals surface area contributed by atoms with E-state index >= 15 is 0 Å². The molecule has 0 saturated carbocycles. The van der Waals surface area contributed by atoms with Gasteiger partial charge in [-0.3, -0.25) is 9.59 Å². The first kappa shape index (κ1) is 28.6. The van der Waals surface area contributed by atoms with Crippen molar-refractivity contribution in [3.63, 3.8) is 0 Å². The number of hydrogen-bond acceptors (Lipinski definition) is 5. The van der Waals surface area contributed by atoms with Crippen molar-refractivity contribution in [2.24, 2.45) is 13.0 Å². The van der Waals surface area contributed by atoms with Crippen LogP contribution < -0.4 is 20.3 Å². The van der Waals surface area contributed by atoms with E-state index in [0.29, 0.717) is 22.2 Å². The van der Waals surface area contributed by atoms with E-state index in [-0.39, 0.29) is 17.1 Å². The third kappa shape index (κ3) is 6.41. The van der Waals surface area contributed by atoms with Crippen LogP contribution in [0.15, 0.2) is 71.8 Å². The van der Waals surface area contributed by atoms with Crippen LogP contribution in [-0.2, 0) is 11.8 Å². The second-order valence-corrected chi connectivity index (χ2v) is 9.34. The van der Waals surface area contributed by atoms with Crippen LogP contribution in [0, 0.1) is 5.92 Å². The summed E-state index contributed by atoms with van der Waals surface area (Å²) in [5.41, 5.74) is 1.43. The zero-order valence-electron chi connectivity index (χ0n) is 21.5. The lowest BCUT2D eigenvalue weighted by molar-refractivity contribution is -0.175. The van der Waals surface area contributed by atoms with Crippen LogP contribution in [-0.4, -0.2) is 39.1 Å². The lowest BCUT2D eigenvalue weighted by atomic mass is 9.92. The number of carbonyl (C=O) groups is 1. The maximum atomic E-state index is 13.1. The molecule has 1 N–H and O–H groups in total. The number of fused-ring (bicyclic) bond motifs is 1. The van der Waals surface area contributed by atoms with E-state index in [9.17, 15) is 31.5 Å². The number of carbonyl (C=O) groups excluding carboxylic acids is 1. The number of hydrogen-bond donors (Lipinski definition) is 1. The number of pyridine rings is 1. The molecule has 0 aliphatic rings. The summed E-state index contributed by atoms with van der Waals surface area (Å²) in [5.74, 6) is -2.54. The summed E-state index contributed by atoms with van der Waals surface area (Å²) < 4.78 is 78.2. The standard InChI is InChI=1S/C27H25F5N4O4/c1-15(2)23(34-25(38)27(30,31)32)24(16-4-7-19(8-5-16)40-26(28)29)39-20-9-10-21-17(12-20)13-33-36(21)18-6-11-22(37)35(3)14-18/h4-15,23-24,26H,1-3H3,(H,34,38)/t23-,24+/m0/s1. The number of aryl methyl sites for hydroxylation is 1. The van der Waals surface area contributed by atoms with Crippen molar-refractivity contribution >= 4 is 16.8 Å². The minimum atomic E-state index is -5.12. The topological polar surface area (TPSA) is 87.4 Å². The van der Waals surface area contributed by atoms with Crippen LogP contribution in [0.1, 0.15) is 25.5 Å². The Hall–Kier alpha value is -4.42. The van der Waals surface area contributed by atoms with Gasteiger partial charge in [-0.15, -0.1) is 0 Å². The largest absolute Gasteiger partial charge is 0.484 e. The highest BCUT2D eigenvalue weighted by Crippen LogP contribution is 2.32. The number of halogens is 5. The molecule has 0 bridgehead atoms. The van der Waals surface area contributed by atoms with Gasteiger partial charge in [0.2, 0.25) is 5.56 Å². The van der Waals surface area contributed by atoms with Crippen molar-refractivity contribution in [1.29, 1.82) is 0 Å². The third-order valence-electron chi connectivity index (χ3n) is 6.15. The lowest BCUT2D eigenvalue weighted by Crippen LogP contribution is -2.49. The predicted octanol–water partition coefficient (Wildman–Crippen LogP) is 5.15. The Morgan fingerprint density at radius 2 is 1.65 bits per heavy atom. The number of ether oxygens (including phenoxy) is 2. The average Bonchev–Trinajstić information content (AvgIpc) is 3.30. The minimum absolute atomic E-state index is 0.148. The zero-order valence-corrected chi connectivity index (χ0v) is 21.5. The Morgan fingerprint density at radius 3 is 2.25 bits per heavy atom. The summed E-state index contributed by atoms with van der Waals surface area (Å²) in [6.07, 6.45) is -3.08. The molecule has 0 fully saturated rings. The fourth-order valence-electron chi connectivity index (χ4n) is 4.15. The molecule has 0 aliphatic heterocycles. The van der Waals surface area contributed by atoms with Gasteiger partial charge in [-0.25, -0.2) is 4.68 Å². The number of alkyl halides is 5. The predicted molar refractivity (Wildman–Crippen MR) is 136 cm³/mol. The van der Waals surface area contributed by atoms with Gasteiger partial charge in [0.1, 0.15) is 17.6 Å². The van der Waals surface area contributed by atoms with Gasteiger partial charge in [0.15, 0.2) is 0 Å². The van der Waals surface area contributed by atoms with E-state index < -0.39 is 36.8 Å². The fourth-order valence-corrected chi connectivity index (χ4v) is 4.15. The number of nitrogens with zero attached hydrogens (tertiary/aromatic N) is 3. The van der Waals surface area contributed by atoms with Crippen LogP contribution in [0.5, 0.6) is 11.5 Å². The highest BCUT2D eigenvalue weighted by molar-refractivity contribution is 5.82. The first-order valence-corrected chi connectivity index (χ1v) is 12.1. The van der Waals surface area contributed by atoms with Crippen molar-refractivity contribution in [3.05, 3.63) is 82.9 Å². The average molecular weight is 565 g/mol. The van der Waals surface area contributed by atoms with Crippen molar-refractivity contribution in [2.75, 3.05) is 0 Å². The monoisotopic (exact) mass is 564 g/mol. The second kappa shape index (κ2) is 11.4. The summed E-state index contributed by atoms with van der Waals surface area (Å²) in [6.45, 7) is 0.180. The number of benzene rings is 2. The Bertz CT molecular complexity index is 1550. The van der Waals surface area contributed by atoms with Crippen molar-refractivity contribution < 1.29 is 36.2 Å². The van der Waals surface area contributed by atoms with E-state index in [1.54, 1.807) is 62.2 Å². The number of rotatable bonds is 9. The molecule has 4 rings (SSSR count). The highest BCUT2D eigenvalue weighted by atomic mass is 19.4. The van der Waals surface area contributed by atoms with E-state index in [4.69, 9.17) is 4.74 Å². The molecule has 40 heavy (non-hydrogen) atoms. The molecule has 0 radical (unpaired) electrons. The molecular formula is C27H25F5N4O4. The lowest BCUT2D eigenvalue weighted by Gasteiger charge is -2.32. The molecule has 4 aromatic rings. The third-order valence-corrected chi connectivity index (χ3v) is 6.15. The Labute approximate surface area is 224 Å². The van der Waals surface area contributed by atoms with Gasteiger partial charge < -0.3 is 19.4 Å². The molecule has 0 spiro atoms. The molecular weight excluding hydrogens is 539 g/mol. The van der Waals surface area contributed by atoms with Crippen LogP contribution in [0.2, 0.25) is 0 Å². The van der Waals surface area contributed by atoms with Crippen molar-refractivity contribution in [1.82, 2.24) is 19.7 Å². The van der Waals surface area contributed by atoms with Crippen LogP contribution >= 0.6 is 0 Å². The molecule has 2 aromatic heterocycles. The van der Waals surface area contributed by atoms with Crippen molar-refractivity contribution in [2.45, 2.75) is 38.8 Å². The van der Waals surface area contributed by atoms with Gasteiger partial charge in [0.05, 0.1) is 23.4 Å². The highest BCUT2D eigenvalue weighted by Gasteiger charge is 2.42. The van der Waals surface area contributed by atoms with E-state index in [1.165, 1.54) is 34.9 Å². The van der Waals surface area contributed by atoms with Gasteiger partial charge in [-0.05, 0) is 47.9 Å². The van der Waals surface area contributed by atoms with Gasteiger partial charge >= 0.3 is 18.7 Å². The second-order valence-electron chi connectivity index (χ2n) is 9.34. The Kier molecular flexibility index (Phi) is 8.12. The Balaban J connectivity index is 1.70. The number of nitrogens with one attached hydrogen (secondary N) is 1. The fraction of sp³-hybridized carbons (Fsp3) is 0.296. The van der Waals surface area contributed by atoms with Crippen molar-refractivity contribution in [3.8, 4) is 17.2 Å². The molecule has 2 heterocycles. The van der Waals surface area contributed by atoms with Gasteiger partial charge in [-0.2, -0.15) is 27.1 Å². The maximum absolute atomic E-state index is 13.1. The molecule has 0 saturated heterocycles. The summed E-state index contributed by atoms with van der Waals surface area (Å²) >= 11 is 0. The summed E-state index contributed by atoms with van der Waals surface area (Å²) in [5, 5.41) is 7.01. The summed E-state index contributed by atoms with van der Waals surface area (Å²) in [6, 6.07) is 12.0. The first-order valence-electron chi connectivity index (χ1n) is 12.1. The van der Waals surface area contributed by atoms with Crippen LogP contribution in [0.25, 0.3) is 16.6 Å². The van der Waals surface area contributed by atoms with Crippen LogP contribution in [0.4, 0.5) is 22.0 Å². The zero-order chi connectivity index (χ0) is 29.2. The number of aromatic nitrogens is 3. The molecule has 212 valence electrons. The van der Waals surface area contributed by atoms with E-state index in [2.05, 4.69) is 9.84 Å². The normalized spacial score (nSPS) is 13.4. The van der Waals surface area contributed by atoms with Gasteiger partial charge in [0, 0.05) is 24.7 Å². The number of amides is 1. The van der Waals surface area contributed by atoms with E-state index in [1.807, 2.05) is 5.32 Å². The summed E-state index contributed by atoms with van der Waals surface area (Å²) in [4.78, 5) is 23.6. The van der Waals surface area contributed by atoms with E-state index in [0.717, 1.165) is 0 Å². The maximum Gasteiger partial charge on any atom is 0.471 e. The smallest absolute Gasteiger partial charge is 0.471 e. The molecule has 2 atom stereocenters. The molecule has 2 aromatic carbocycles. The SMILES string of the molecule is CC(C)[C@H](NC(=O)C(F)(F)F)[C@H](Oc1ccc2c(cnn2-c2ccc(=O)n(C)c2)c1)c1ccc(OC(F)F)cc1. The van der Waals surface area contributed by atoms with Crippen LogP contribution in [0.3, 0.4) is 0 Å². The Morgan fingerprint density at radius 1 is 0.975 bits per heavy atom.